The predicted molar refractivity (Wildman–Crippen MR) is 277 cm³/mol. The van der Waals surface area contributed by atoms with Crippen molar-refractivity contribution in [1.82, 2.24) is 4.90 Å². The van der Waals surface area contributed by atoms with E-state index < -0.39 is 114 Å². The Balaban J connectivity index is 1.75. The van der Waals surface area contributed by atoms with E-state index in [4.69, 9.17) is 34.2 Å². The van der Waals surface area contributed by atoms with Gasteiger partial charge in [-0.2, -0.15) is 0 Å². The summed E-state index contributed by atoms with van der Waals surface area (Å²) in [5.74, 6) is -9.73. The van der Waals surface area contributed by atoms with Crippen LogP contribution in [0.5, 0.6) is 0 Å². The molecule has 17 heteroatoms. The molecule has 1 amide bonds. The number of nitrogens with zero attached hydrogens (tertiary/aromatic N) is 1. The van der Waals surface area contributed by atoms with Crippen LogP contribution in [0.25, 0.3) is 0 Å². The van der Waals surface area contributed by atoms with Gasteiger partial charge in [-0.05, 0) is 102 Å². The summed E-state index contributed by atoms with van der Waals surface area (Å²) < 4.78 is 35.5. The van der Waals surface area contributed by atoms with Crippen LogP contribution >= 0.6 is 0 Å². The number of esters is 2. The zero-order valence-corrected chi connectivity index (χ0v) is 46.1. The molecular weight excluding hydrogens is 953 g/mol. The van der Waals surface area contributed by atoms with Gasteiger partial charge in [0.05, 0.1) is 37.6 Å². The number of ether oxygens (including phenoxy) is 6. The third-order valence-electron chi connectivity index (χ3n) is 16.2. The number of methoxy groups -OCH3 is 3. The predicted octanol–water partition coefficient (Wildman–Crippen LogP) is 6.41. The molecular formula is C57H88N2O15. The van der Waals surface area contributed by atoms with Crippen molar-refractivity contribution in [3.63, 3.8) is 0 Å². The third kappa shape index (κ3) is 15.4. The van der Waals surface area contributed by atoms with Gasteiger partial charge in [0.2, 0.25) is 0 Å². The highest BCUT2D eigenvalue weighted by molar-refractivity contribution is 6.39. The van der Waals surface area contributed by atoms with Crippen molar-refractivity contribution in [2.75, 3.05) is 41.1 Å². The zero-order chi connectivity index (χ0) is 55.3. The quantitative estimate of drug-likeness (QED) is 0.105. The fraction of sp³-hybridized carbons (Fsp3) is 0.719. The summed E-state index contributed by atoms with van der Waals surface area (Å²) in [6, 6.07) is -1.28. The summed E-state index contributed by atoms with van der Waals surface area (Å²) >= 11 is 0. The second-order valence-corrected chi connectivity index (χ2v) is 22.1. The molecule has 0 unspecified atom stereocenters. The SMILES string of the molecule is CO[C@H]1/C=C2\CC[C@@H](C)[C@@](O)(O2)C(=O)C(=O)N2CCCC[C@H]2C(=O)O[C@](N)([C@H](C)C[C@@H]2CC[C@@H](OC(=O)C(C)(CO)CO)[C@H](OC)C2)CC(=O)[C@H](C)/C=C(\C)[C@@H](C)[C@@H](OC)C(=O)[C@H](C)C[C@H](C)/C=C/C=C/C=C/1C. The van der Waals surface area contributed by atoms with Crippen molar-refractivity contribution in [2.24, 2.45) is 52.6 Å². The number of nitrogens with two attached hydrogens (primary N) is 1. The maximum Gasteiger partial charge on any atom is 0.330 e. The van der Waals surface area contributed by atoms with Crippen molar-refractivity contribution in [3.8, 4) is 0 Å². The number of amides is 1. The van der Waals surface area contributed by atoms with Gasteiger partial charge < -0.3 is 48.6 Å². The van der Waals surface area contributed by atoms with Crippen molar-refractivity contribution >= 4 is 35.2 Å². The monoisotopic (exact) mass is 1040 g/mol. The Hall–Kier alpha value is -4.36. The molecule has 1 saturated carbocycles. The van der Waals surface area contributed by atoms with E-state index >= 15 is 0 Å². The van der Waals surface area contributed by atoms with Crippen LogP contribution in [0.15, 0.2) is 59.4 Å². The van der Waals surface area contributed by atoms with Gasteiger partial charge in [-0.15, -0.1) is 0 Å². The normalized spacial score (nSPS) is 37.6. The highest BCUT2D eigenvalue weighted by atomic mass is 16.6. The van der Waals surface area contributed by atoms with Gasteiger partial charge in [0, 0.05) is 63.9 Å². The van der Waals surface area contributed by atoms with Gasteiger partial charge >= 0.3 is 11.9 Å². The number of carbonyl (C=O) groups excluding carboxylic acids is 6. The van der Waals surface area contributed by atoms with E-state index in [0.29, 0.717) is 57.8 Å². The maximum atomic E-state index is 14.7. The minimum Gasteiger partial charge on any atom is -0.459 e. The highest BCUT2D eigenvalue weighted by Gasteiger charge is 2.53. The molecule has 0 radical (unpaired) electrons. The van der Waals surface area contributed by atoms with Gasteiger partial charge in [-0.25, -0.2) is 4.79 Å². The first-order valence-electron chi connectivity index (χ1n) is 26.6. The van der Waals surface area contributed by atoms with Crippen LogP contribution < -0.4 is 5.73 Å². The van der Waals surface area contributed by atoms with Crippen LogP contribution in [0.3, 0.4) is 0 Å². The van der Waals surface area contributed by atoms with Crippen LogP contribution in [0.1, 0.15) is 133 Å². The molecule has 0 aromatic heterocycles. The number of cyclic esters (lactones) is 1. The lowest BCUT2D eigenvalue weighted by atomic mass is 9.76. The maximum absolute atomic E-state index is 14.7. The molecule has 17 nitrogen and oxygen atoms in total. The van der Waals surface area contributed by atoms with E-state index in [0.717, 1.165) is 16.0 Å². The number of Topliss-reactive ketones (excluding diaryl/α,β-unsaturated/α-hetero) is 3. The van der Waals surface area contributed by atoms with Crippen LogP contribution in [0.2, 0.25) is 0 Å². The molecule has 2 bridgehead atoms. The van der Waals surface area contributed by atoms with Crippen molar-refractivity contribution in [1.29, 1.82) is 0 Å². The third-order valence-corrected chi connectivity index (χ3v) is 16.2. The Kier molecular flexibility index (Phi) is 23.2. The van der Waals surface area contributed by atoms with E-state index in [1.54, 1.807) is 32.9 Å². The molecule has 0 aromatic rings. The Morgan fingerprint density at radius 2 is 1.55 bits per heavy atom. The average molecular weight is 1040 g/mol. The Morgan fingerprint density at radius 3 is 2.19 bits per heavy atom. The molecule has 74 heavy (non-hydrogen) atoms. The number of ketones is 3. The number of hydrogen-bond acceptors (Lipinski definition) is 16. The summed E-state index contributed by atoms with van der Waals surface area (Å²) in [6.45, 7) is 14.8. The first-order valence-corrected chi connectivity index (χ1v) is 26.6. The van der Waals surface area contributed by atoms with Gasteiger partial charge in [-0.1, -0.05) is 83.6 Å². The zero-order valence-electron chi connectivity index (χ0n) is 46.1. The molecule has 3 aliphatic heterocycles. The number of hydrogen-bond donors (Lipinski definition) is 4. The van der Waals surface area contributed by atoms with E-state index in [1.807, 2.05) is 65.0 Å². The molecule has 0 spiro atoms. The van der Waals surface area contributed by atoms with Gasteiger partial charge in [-0.3, -0.25) is 29.7 Å². The smallest absolute Gasteiger partial charge is 0.330 e. The minimum absolute atomic E-state index is 0.00588. The minimum atomic E-state index is -2.55. The number of allylic oxidation sites excluding steroid dienone is 7. The molecule has 4 rings (SSSR count). The molecule has 3 fully saturated rings. The fourth-order valence-corrected chi connectivity index (χ4v) is 10.6. The molecule has 416 valence electrons. The van der Waals surface area contributed by atoms with Crippen LogP contribution in [0.4, 0.5) is 0 Å². The van der Waals surface area contributed by atoms with E-state index in [1.165, 1.54) is 28.3 Å². The number of rotatable bonds is 10. The fourth-order valence-electron chi connectivity index (χ4n) is 10.6. The van der Waals surface area contributed by atoms with E-state index in [2.05, 4.69) is 0 Å². The summed E-state index contributed by atoms with van der Waals surface area (Å²) in [4.78, 5) is 86.0. The first kappa shape index (κ1) is 62.2. The van der Waals surface area contributed by atoms with Crippen LogP contribution in [-0.4, -0.2) is 138 Å². The van der Waals surface area contributed by atoms with Crippen LogP contribution in [-0.2, 0) is 57.2 Å². The highest BCUT2D eigenvalue weighted by Crippen LogP contribution is 2.40. The van der Waals surface area contributed by atoms with Crippen molar-refractivity contribution in [2.45, 2.75) is 175 Å². The van der Waals surface area contributed by atoms with E-state index in [9.17, 15) is 44.1 Å². The summed E-state index contributed by atoms with van der Waals surface area (Å²) in [5, 5.41) is 31.6. The van der Waals surface area contributed by atoms with Crippen molar-refractivity contribution in [3.05, 3.63) is 59.4 Å². The van der Waals surface area contributed by atoms with Gasteiger partial charge in [0.25, 0.3) is 17.5 Å². The standard InChI is InChI=1S/C57H88N2O15/c1-34-18-14-13-15-19-35(2)47(69-10)30-43-23-21-39(6)57(68,73-43)51(64)52(65)59-25-17-16-20-44(59)53(66)74-56(58,31-45(62)37(4)27-36(3)41(8)50(71-12)49(63)38(5)26-34)40(7)28-42-22-24-46(48(29-42)70-11)72-54(67)55(9,32-60)33-61/h13-15,18-19,27,30,34,37-42,44,46-48,50,60-61,68H,16-17,20-26,28-29,31-33,58H2,1-12H3/b15-13+,18-14+,35-19+,36-27+,43-30+/t34-,37-,38-,39-,40-,41-,42+,44+,46-,47+,48-,50-,56+,57-/m1/s1. The number of piperidine rings is 1. The summed E-state index contributed by atoms with van der Waals surface area (Å²) in [7, 11) is 4.52. The van der Waals surface area contributed by atoms with Gasteiger partial charge in [0.1, 0.15) is 29.4 Å². The number of carbonyl (C=O) groups is 6. The number of aliphatic hydroxyl groups excluding tert-OH is 2. The van der Waals surface area contributed by atoms with E-state index in [-0.39, 0.29) is 48.0 Å². The second kappa shape index (κ2) is 27.6. The lowest BCUT2D eigenvalue weighted by molar-refractivity contribution is -0.223. The summed E-state index contributed by atoms with van der Waals surface area (Å²) in [5.41, 5.74) is 5.33. The molecule has 5 N–H and O–H groups in total. The Labute approximate surface area is 439 Å². The molecule has 4 aliphatic rings. The molecule has 2 saturated heterocycles. The second-order valence-electron chi connectivity index (χ2n) is 22.1. The number of fused-ring (bicyclic) bond motifs is 3. The molecule has 14 atom stereocenters. The average Bonchev–Trinajstić information content (AvgIpc) is 3.37. The summed E-state index contributed by atoms with van der Waals surface area (Å²) in [6.07, 6.45) is 13.9. The first-order chi connectivity index (χ1) is 34.8. The van der Waals surface area contributed by atoms with Crippen LogP contribution in [0, 0.1) is 46.8 Å². The number of aliphatic hydroxyl groups is 3. The molecule has 3 heterocycles. The topological polar surface area (TPSA) is 248 Å². The van der Waals surface area contributed by atoms with Gasteiger partial charge in [0.15, 0.2) is 11.5 Å². The Morgan fingerprint density at radius 1 is 0.865 bits per heavy atom. The van der Waals surface area contributed by atoms with Crippen molar-refractivity contribution < 1.29 is 72.5 Å². The molecule has 1 aliphatic carbocycles. The largest absolute Gasteiger partial charge is 0.459 e. The molecule has 0 aromatic carbocycles. The lowest BCUT2D eigenvalue weighted by Gasteiger charge is -2.42. The Bertz CT molecular complexity index is 2130. The lowest BCUT2D eigenvalue weighted by Crippen LogP contribution is -2.61.